The fourth-order valence-electron chi connectivity index (χ4n) is 1.66. The molecule has 0 amide bonds. The van der Waals surface area contributed by atoms with Crippen molar-refractivity contribution in [2.24, 2.45) is 0 Å². The van der Waals surface area contributed by atoms with Gasteiger partial charge in [0.25, 0.3) is 0 Å². The number of aromatic amines is 1. The van der Waals surface area contributed by atoms with Crippen molar-refractivity contribution in [1.82, 2.24) is 15.2 Å². The van der Waals surface area contributed by atoms with Crippen molar-refractivity contribution < 1.29 is 4.42 Å². The average Bonchev–Trinajstić information content (AvgIpc) is 2.86. The van der Waals surface area contributed by atoms with Crippen molar-refractivity contribution >= 4 is 10.9 Å². The van der Waals surface area contributed by atoms with E-state index in [0.29, 0.717) is 12.3 Å². The van der Waals surface area contributed by atoms with Gasteiger partial charge in [0.1, 0.15) is 0 Å². The first kappa shape index (κ1) is 8.23. The molecule has 0 atom stereocenters. The van der Waals surface area contributed by atoms with Crippen LogP contribution in [0.15, 0.2) is 41.1 Å². The maximum atomic E-state index is 5.09. The molecule has 0 aliphatic heterocycles. The van der Waals surface area contributed by atoms with Crippen LogP contribution in [0.5, 0.6) is 0 Å². The van der Waals surface area contributed by atoms with Crippen molar-refractivity contribution in [1.29, 1.82) is 0 Å². The first-order valence-corrected chi connectivity index (χ1v) is 4.73. The lowest BCUT2D eigenvalue weighted by molar-refractivity contribution is 0.503. The summed E-state index contributed by atoms with van der Waals surface area (Å²) >= 11 is 0. The molecule has 4 nitrogen and oxygen atoms in total. The Bertz CT molecular complexity index is 535. The Hall–Kier alpha value is -2.10. The number of aromatic nitrogens is 3. The summed E-state index contributed by atoms with van der Waals surface area (Å²) in [6.07, 6.45) is 1.99. The van der Waals surface area contributed by atoms with E-state index in [1.54, 1.807) is 0 Å². The maximum absolute atomic E-state index is 5.09. The number of H-pyrrole nitrogens is 1. The predicted molar refractivity (Wildman–Crippen MR) is 55.4 cm³/mol. The lowest BCUT2D eigenvalue weighted by atomic mass is 10.2. The third-order valence-corrected chi connectivity index (χ3v) is 2.33. The summed E-state index contributed by atoms with van der Waals surface area (Å²) in [7, 11) is 0. The summed E-state index contributed by atoms with van der Waals surface area (Å²) in [6, 6.07) is 10.2. The number of rotatable bonds is 2. The van der Waals surface area contributed by atoms with E-state index < -0.39 is 0 Å². The van der Waals surface area contributed by atoms with Crippen LogP contribution in [-0.2, 0) is 6.42 Å². The maximum Gasteiger partial charge on any atom is 0.222 e. The van der Waals surface area contributed by atoms with Crippen LogP contribution in [0.1, 0.15) is 11.6 Å². The molecule has 0 spiro atoms. The highest BCUT2D eigenvalue weighted by Crippen LogP contribution is 2.16. The summed E-state index contributed by atoms with van der Waals surface area (Å²) < 4.78 is 5.09. The van der Waals surface area contributed by atoms with Gasteiger partial charge in [0.15, 0.2) is 0 Å². The Kier molecular flexibility index (Phi) is 1.78. The molecule has 4 heteroatoms. The molecule has 2 heterocycles. The summed E-state index contributed by atoms with van der Waals surface area (Å²) in [5.74, 6) is 0.626. The molecule has 0 bridgehead atoms. The summed E-state index contributed by atoms with van der Waals surface area (Å²) in [5, 5.41) is 8.69. The second-order valence-corrected chi connectivity index (χ2v) is 3.39. The zero-order valence-corrected chi connectivity index (χ0v) is 7.97. The van der Waals surface area contributed by atoms with Crippen molar-refractivity contribution in [3.63, 3.8) is 0 Å². The minimum Gasteiger partial charge on any atom is -0.428 e. The molecule has 0 saturated heterocycles. The van der Waals surface area contributed by atoms with Crippen LogP contribution in [-0.4, -0.2) is 15.2 Å². The third kappa shape index (κ3) is 1.50. The molecule has 0 aliphatic rings. The topological polar surface area (TPSA) is 54.7 Å². The molecule has 3 rings (SSSR count). The van der Waals surface area contributed by atoms with Gasteiger partial charge < -0.3 is 9.40 Å². The van der Waals surface area contributed by atoms with Gasteiger partial charge in [-0.2, -0.15) is 0 Å². The van der Waals surface area contributed by atoms with Crippen LogP contribution < -0.4 is 0 Å². The van der Waals surface area contributed by atoms with Gasteiger partial charge in [0, 0.05) is 11.2 Å². The van der Waals surface area contributed by atoms with E-state index in [0.717, 1.165) is 11.2 Å². The predicted octanol–water partition coefficient (Wildman–Crippen LogP) is 2.14. The molecule has 0 radical (unpaired) electrons. The third-order valence-electron chi connectivity index (χ3n) is 2.33. The molecule has 0 fully saturated rings. The van der Waals surface area contributed by atoms with Gasteiger partial charge in [-0.1, -0.05) is 18.2 Å². The first-order chi connectivity index (χ1) is 7.42. The molecule has 0 unspecified atom stereocenters. The number of para-hydroxylation sites is 1. The molecule has 0 aliphatic carbocycles. The molecular formula is C11H9N3O. The second-order valence-electron chi connectivity index (χ2n) is 3.39. The highest BCUT2D eigenvalue weighted by molar-refractivity contribution is 5.80. The number of nitrogens with zero attached hydrogens (tertiary/aromatic N) is 2. The summed E-state index contributed by atoms with van der Waals surface area (Å²) in [6.45, 7) is 0. The van der Waals surface area contributed by atoms with Gasteiger partial charge in [0.2, 0.25) is 12.3 Å². The molecule has 1 N–H and O–H groups in total. The van der Waals surface area contributed by atoms with E-state index >= 15 is 0 Å². The lowest BCUT2D eigenvalue weighted by Gasteiger charge is -1.89. The van der Waals surface area contributed by atoms with Crippen molar-refractivity contribution in [2.75, 3.05) is 0 Å². The smallest absolute Gasteiger partial charge is 0.222 e. The van der Waals surface area contributed by atoms with E-state index in [-0.39, 0.29) is 0 Å². The highest BCUT2D eigenvalue weighted by atomic mass is 16.4. The lowest BCUT2D eigenvalue weighted by Crippen LogP contribution is -1.87. The minimum atomic E-state index is 0.626. The SMILES string of the molecule is c1ccc2[nH]c(Cc3nnco3)cc2c1. The van der Waals surface area contributed by atoms with Gasteiger partial charge in [-0.3, -0.25) is 0 Å². The molecule has 74 valence electrons. The van der Waals surface area contributed by atoms with E-state index in [4.69, 9.17) is 4.42 Å². The van der Waals surface area contributed by atoms with Crippen LogP contribution in [0, 0.1) is 0 Å². The number of hydrogen-bond donors (Lipinski definition) is 1. The second kappa shape index (κ2) is 3.24. The number of benzene rings is 1. The number of fused-ring (bicyclic) bond motifs is 1. The fourth-order valence-corrected chi connectivity index (χ4v) is 1.66. The van der Waals surface area contributed by atoms with Gasteiger partial charge in [0.05, 0.1) is 6.42 Å². The van der Waals surface area contributed by atoms with Gasteiger partial charge in [-0.15, -0.1) is 10.2 Å². The summed E-state index contributed by atoms with van der Waals surface area (Å²) in [5.41, 5.74) is 2.22. The Morgan fingerprint density at radius 3 is 3.00 bits per heavy atom. The molecule has 1 aromatic carbocycles. The standard InChI is InChI=1S/C11H9N3O/c1-2-4-10-8(3-1)5-9(13-10)6-11-14-12-7-15-11/h1-5,7,13H,6H2. The normalized spacial score (nSPS) is 10.9. The molecule has 0 saturated carbocycles. The Labute approximate surface area is 85.9 Å². The van der Waals surface area contributed by atoms with E-state index in [1.807, 2.05) is 18.2 Å². The van der Waals surface area contributed by atoms with Crippen LogP contribution in [0.3, 0.4) is 0 Å². The van der Waals surface area contributed by atoms with Crippen molar-refractivity contribution in [3.8, 4) is 0 Å². The molecule has 15 heavy (non-hydrogen) atoms. The molecule has 2 aromatic heterocycles. The molecular weight excluding hydrogens is 190 g/mol. The van der Waals surface area contributed by atoms with Crippen LogP contribution >= 0.6 is 0 Å². The Morgan fingerprint density at radius 1 is 1.27 bits per heavy atom. The van der Waals surface area contributed by atoms with E-state index in [9.17, 15) is 0 Å². The van der Waals surface area contributed by atoms with E-state index in [2.05, 4.69) is 27.3 Å². The Balaban J connectivity index is 1.98. The Morgan fingerprint density at radius 2 is 2.20 bits per heavy atom. The van der Waals surface area contributed by atoms with Crippen molar-refractivity contribution in [2.45, 2.75) is 6.42 Å². The summed E-state index contributed by atoms with van der Waals surface area (Å²) in [4.78, 5) is 3.31. The van der Waals surface area contributed by atoms with Crippen LogP contribution in [0.25, 0.3) is 10.9 Å². The first-order valence-electron chi connectivity index (χ1n) is 4.73. The fraction of sp³-hybridized carbons (Fsp3) is 0.0909. The monoisotopic (exact) mass is 199 g/mol. The van der Waals surface area contributed by atoms with Gasteiger partial charge in [-0.05, 0) is 17.5 Å². The zero-order valence-electron chi connectivity index (χ0n) is 7.97. The van der Waals surface area contributed by atoms with Gasteiger partial charge in [-0.25, -0.2) is 0 Å². The molecule has 3 aromatic rings. The van der Waals surface area contributed by atoms with Crippen LogP contribution in [0.2, 0.25) is 0 Å². The quantitative estimate of drug-likeness (QED) is 0.687. The largest absolute Gasteiger partial charge is 0.428 e. The minimum absolute atomic E-state index is 0.626. The number of nitrogens with one attached hydrogen (secondary N) is 1. The zero-order chi connectivity index (χ0) is 10.1. The van der Waals surface area contributed by atoms with E-state index in [1.165, 1.54) is 11.8 Å². The number of hydrogen-bond acceptors (Lipinski definition) is 3. The van der Waals surface area contributed by atoms with Crippen LogP contribution in [0.4, 0.5) is 0 Å². The van der Waals surface area contributed by atoms with Gasteiger partial charge >= 0.3 is 0 Å². The average molecular weight is 199 g/mol. The van der Waals surface area contributed by atoms with Crippen molar-refractivity contribution in [3.05, 3.63) is 48.3 Å². The highest BCUT2D eigenvalue weighted by Gasteiger charge is 2.04.